The molecule has 114 valence electrons. The first-order valence-corrected chi connectivity index (χ1v) is 8.63. The van der Waals surface area contributed by atoms with E-state index in [2.05, 4.69) is 61.5 Å². The first-order valence-electron chi connectivity index (χ1n) is 7.68. The predicted octanol–water partition coefficient (Wildman–Crippen LogP) is 4.61. The van der Waals surface area contributed by atoms with Gasteiger partial charge >= 0.3 is 0 Å². The van der Waals surface area contributed by atoms with Crippen molar-refractivity contribution in [2.75, 3.05) is 6.61 Å². The molecule has 0 aliphatic heterocycles. The van der Waals surface area contributed by atoms with Gasteiger partial charge in [-0.2, -0.15) is 0 Å². The maximum absolute atomic E-state index is 10.5. The lowest BCUT2D eigenvalue weighted by atomic mass is 9.90. The predicted molar refractivity (Wildman–Crippen MR) is 99.5 cm³/mol. The Labute approximate surface area is 136 Å². The van der Waals surface area contributed by atoms with Crippen molar-refractivity contribution in [2.45, 2.75) is 6.92 Å². The SMILES string of the molecule is C/C(=C\CO[PH2+][O-])c1ccc2ccc3cccc4ccc1c2c34. The average Bonchev–Trinajstić information content (AvgIpc) is 2.59. The van der Waals surface area contributed by atoms with Gasteiger partial charge in [0.1, 0.15) is 6.61 Å². The Balaban J connectivity index is 2.02. The maximum atomic E-state index is 10.5. The van der Waals surface area contributed by atoms with E-state index in [4.69, 9.17) is 4.52 Å². The Hall–Kier alpha value is -1.99. The summed E-state index contributed by atoms with van der Waals surface area (Å²) < 4.78 is 5.00. The molecular formula is C20H17O2P. The summed E-state index contributed by atoms with van der Waals surface area (Å²) in [7, 11) is -1.15. The molecule has 0 aromatic heterocycles. The molecule has 4 aromatic carbocycles. The van der Waals surface area contributed by atoms with Gasteiger partial charge in [-0.1, -0.05) is 60.7 Å². The molecule has 0 saturated heterocycles. The molecule has 1 unspecified atom stereocenters. The molecular weight excluding hydrogens is 303 g/mol. The molecule has 0 radical (unpaired) electrons. The number of allylic oxidation sites excluding steroid dienone is 1. The third kappa shape index (κ3) is 2.40. The fraction of sp³-hybridized carbons (Fsp3) is 0.100. The molecule has 0 heterocycles. The summed E-state index contributed by atoms with van der Waals surface area (Å²) in [5, 5.41) is 7.73. The number of hydrogen-bond donors (Lipinski definition) is 0. The summed E-state index contributed by atoms with van der Waals surface area (Å²) in [6.45, 7) is 2.47. The van der Waals surface area contributed by atoms with Gasteiger partial charge in [-0.3, -0.25) is 0 Å². The van der Waals surface area contributed by atoms with Crippen molar-refractivity contribution in [3.8, 4) is 0 Å². The van der Waals surface area contributed by atoms with Crippen molar-refractivity contribution in [3.63, 3.8) is 0 Å². The van der Waals surface area contributed by atoms with E-state index in [0.29, 0.717) is 6.61 Å². The van der Waals surface area contributed by atoms with Crippen LogP contribution in [0.2, 0.25) is 0 Å². The highest BCUT2D eigenvalue weighted by molar-refractivity contribution is 7.23. The van der Waals surface area contributed by atoms with Crippen molar-refractivity contribution < 1.29 is 9.42 Å². The summed E-state index contributed by atoms with van der Waals surface area (Å²) in [5.41, 5.74) is 2.36. The Bertz CT molecular complexity index is 1000. The molecule has 0 N–H and O–H groups in total. The highest BCUT2D eigenvalue weighted by atomic mass is 31.1. The summed E-state index contributed by atoms with van der Waals surface area (Å²) in [6.07, 6.45) is 2.00. The smallest absolute Gasteiger partial charge is 0.108 e. The lowest BCUT2D eigenvalue weighted by Gasteiger charge is -2.14. The van der Waals surface area contributed by atoms with Crippen molar-refractivity contribution in [3.05, 3.63) is 66.2 Å². The second-order valence-electron chi connectivity index (χ2n) is 5.79. The number of hydrogen-bond acceptors (Lipinski definition) is 2. The summed E-state index contributed by atoms with van der Waals surface area (Å²) in [5.74, 6) is 0. The van der Waals surface area contributed by atoms with Crippen LogP contribution < -0.4 is 4.89 Å². The van der Waals surface area contributed by atoms with Crippen LogP contribution in [0.4, 0.5) is 0 Å². The third-order valence-corrected chi connectivity index (χ3v) is 4.84. The normalized spacial score (nSPS) is 13.2. The van der Waals surface area contributed by atoms with Gasteiger partial charge in [0.05, 0.1) is 9.03 Å². The highest BCUT2D eigenvalue weighted by Gasteiger charge is 2.11. The summed E-state index contributed by atoms with van der Waals surface area (Å²) in [4.78, 5) is 10.5. The molecule has 3 heteroatoms. The van der Waals surface area contributed by atoms with E-state index in [9.17, 15) is 4.89 Å². The zero-order valence-electron chi connectivity index (χ0n) is 12.9. The van der Waals surface area contributed by atoms with Crippen LogP contribution in [-0.2, 0) is 4.52 Å². The Morgan fingerprint density at radius 1 is 0.957 bits per heavy atom. The van der Waals surface area contributed by atoms with Crippen LogP contribution in [0.1, 0.15) is 12.5 Å². The monoisotopic (exact) mass is 320 g/mol. The Morgan fingerprint density at radius 2 is 1.61 bits per heavy atom. The molecule has 0 aliphatic rings. The van der Waals surface area contributed by atoms with Crippen LogP contribution in [0, 0.1) is 0 Å². The fourth-order valence-corrected chi connectivity index (χ4v) is 3.58. The van der Waals surface area contributed by atoms with Crippen LogP contribution in [0.5, 0.6) is 0 Å². The standard InChI is InChI=1S/C20H17O2P/c1-13(11-12-22-23-21)17-9-7-16-6-5-14-3-2-4-15-8-10-18(17)20(16)19(14)15/h2-11H,12,23H2,1H3/b13-11+. The molecule has 0 fully saturated rings. The first-order chi connectivity index (χ1) is 11.3. The van der Waals surface area contributed by atoms with Crippen molar-refractivity contribution in [1.29, 1.82) is 0 Å². The second kappa shape index (κ2) is 5.90. The molecule has 23 heavy (non-hydrogen) atoms. The van der Waals surface area contributed by atoms with E-state index in [0.717, 1.165) is 5.57 Å². The number of benzene rings is 4. The van der Waals surface area contributed by atoms with E-state index in [1.165, 1.54) is 37.9 Å². The van der Waals surface area contributed by atoms with E-state index >= 15 is 0 Å². The average molecular weight is 320 g/mol. The van der Waals surface area contributed by atoms with Crippen LogP contribution >= 0.6 is 9.03 Å². The molecule has 0 aliphatic carbocycles. The Kier molecular flexibility index (Phi) is 3.74. The Morgan fingerprint density at radius 3 is 2.35 bits per heavy atom. The largest absolute Gasteiger partial charge is 0.659 e. The van der Waals surface area contributed by atoms with Crippen molar-refractivity contribution in [1.82, 2.24) is 0 Å². The summed E-state index contributed by atoms with van der Waals surface area (Å²) >= 11 is 0. The van der Waals surface area contributed by atoms with Gasteiger partial charge < -0.3 is 4.89 Å². The molecule has 1 atom stereocenters. The molecule has 4 rings (SSSR count). The van der Waals surface area contributed by atoms with Crippen molar-refractivity contribution >= 4 is 46.9 Å². The zero-order valence-corrected chi connectivity index (χ0v) is 14.0. The van der Waals surface area contributed by atoms with E-state index < -0.39 is 9.03 Å². The quantitative estimate of drug-likeness (QED) is 0.312. The molecule has 0 amide bonds. The molecule has 0 bridgehead atoms. The minimum atomic E-state index is -1.15. The van der Waals surface area contributed by atoms with Crippen LogP contribution in [0.15, 0.2) is 60.7 Å². The van der Waals surface area contributed by atoms with Gasteiger partial charge in [0.15, 0.2) is 0 Å². The van der Waals surface area contributed by atoms with Gasteiger partial charge in [-0.05, 0) is 50.4 Å². The van der Waals surface area contributed by atoms with E-state index in [1.54, 1.807) is 0 Å². The van der Waals surface area contributed by atoms with Gasteiger partial charge in [0.25, 0.3) is 0 Å². The minimum Gasteiger partial charge on any atom is -0.659 e. The van der Waals surface area contributed by atoms with Gasteiger partial charge in [-0.15, -0.1) is 0 Å². The number of rotatable bonds is 4. The lowest BCUT2D eigenvalue weighted by molar-refractivity contribution is -0.168. The molecule has 0 spiro atoms. The van der Waals surface area contributed by atoms with E-state index in [-0.39, 0.29) is 0 Å². The summed E-state index contributed by atoms with van der Waals surface area (Å²) in [6, 6.07) is 19.6. The zero-order chi connectivity index (χ0) is 15.8. The van der Waals surface area contributed by atoms with Gasteiger partial charge in [0, 0.05) is 0 Å². The van der Waals surface area contributed by atoms with Crippen LogP contribution in [-0.4, -0.2) is 6.61 Å². The van der Waals surface area contributed by atoms with Gasteiger partial charge in [-0.25, -0.2) is 4.52 Å². The van der Waals surface area contributed by atoms with Crippen LogP contribution in [0.25, 0.3) is 37.9 Å². The molecule has 0 saturated carbocycles. The fourth-order valence-electron chi connectivity index (χ4n) is 3.40. The topological polar surface area (TPSA) is 32.3 Å². The van der Waals surface area contributed by atoms with Crippen molar-refractivity contribution in [2.24, 2.45) is 0 Å². The second-order valence-corrected chi connectivity index (χ2v) is 6.31. The minimum absolute atomic E-state index is 0.395. The van der Waals surface area contributed by atoms with E-state index in [1.807, 2.05) is 6.08 Å². The third-order valence-electron chi connectivity index (χ3n) is 4.51. The van der Waals surface area contributed by atoms with Crippen LogP contribution in [0.3, 0.4) is 0 Å². The maximum Gasteiger partial charge on any atom is 0.108 e. The van der Waals surface area contributed by atoms with Gasteiger partial charge in [0.2, 0.25) is 0 Å². The lowest BCUT2D eigenvalue weighted by Crippen LogP contribution is -1.91. The highest BCUT2D eigenvalue weighted by Crippen LogP contribution is 2.37. The molecule has 4 aromatic rings. The molecule has 2 nitrogen and oxygen atoms in total. The first kappa shape index (κ1) is 14.6.